The predicted molar refractivity (Wildman–Crippen MR) is 76.8 cm³/mol. The largest absolute Gasteiger partial charge is 0.320 e. The van der Waals surface area contributed by atoms with Crippen molar-refractivity contribution >= 4 is 38.1 Å². The Labute approximate surface area is 114 Å². The molecule has 0 bridgehead atoms. The van der Waals surface area contributed by atoms with E-state index in [-0.39, 0.29) is 9.83 Å². The van der Waals surface area contributed by atoms with Gasteiger partial charge in [0.25, 0.3) is 0 Å². The van der Waals surface area contributed by atoms with Crippen LogP contribution in [-0.2, 0) is 17.0 Å². The van der Waals surface area contributed by atoms with E-state index in [1.165, 1.54) is 11.1 Å². The van der Waals surface area contributed by atoms with Crippen LogP contribution in [0.2, 0.25) is 0 Å². The van der Waals surface area contributed by atoms with Crippen molar-refractivity contribution < 1.29 is 4.79 Å². The maximum atomic E-state index is 10.9. The Morgan fingerprint density at radius 3 is 2.88 bits per heavy atom. The summed E-state index contributed by atoms with van der Waals surface area (Å²) in [5.74, 6) is 1.52. The van der Waals surface area contributed by atoms with Gasteiger partial charge in [-0.05, 0) is 17.5 Å². The molecule has 0 aliphatic carbocycles. The zero-order chi connectivity index (χ0) is 12.0. The van der Waals surface area contributed by atoms with Gasteiger partial charge in [0, 0.05) is 46.5 Å². The van der Waals surface area contributed by atoms with Crippen molar-refractivity contribution in [3.05, 3.63) is 29.6 Å². The fourth-order valence-electron chi connectivity index (χ4n) is 1.18. The van der Waals surface area contributed by atoms with Crippen LogP contribution in [0.3, 0.4) is 0 Å². The molecule has 3 nitrogen and oxygen atoms in total. The van der Waals surface area contributed by atoms with E-state index in [1.807, 2.05) is 12.4 Å². The number of thioether (sulfide) groups is 1. The molecule has 5 heteroatoms. The van der Waals surface area contributed by atoms with Gasteiger partial charge >= 0.3 is 0 Å². The highest BCUT2D eigenvalue weighted by molar-refractivity contribution is 14.1. The zero-order valence-corrected chi connectivity index (χ0v) is 12.1. The average molecular weight is 350 g/mol. The lowest BCUT2D eigenvalue weighted by atomic mass is 10.2. The number of halogens is 1. The Morgan fingerprint density at radius 2 is 2.25 bits per heavy atom. The molecule has 0 saturated carbocycles. The SMILES string of the molecule is CCc1cncc(CSC[C@H](N)C(=O)I)c1. The summed E-state index contributed by atoms with van der Waals surface area (Å²) in [6.07, 6.45) is 4.75. The molecule has 0 aliphatic rings. The van der Waals surface area contributed by atoms with Gasteiger partial charge in [-0.25, -0.2) is 0 Å². The van der Waals surface area contributed by atoms with Crippen LogP contribution in [-0.4, -0.2) is 20.6 Å². The number of nitrogens with zero attached hydrogens (tertiary/aromatic N) is 1. The maximum absolute atomic E-state index is 10.9. The number of pyridine rings is 1. The number of carbonyl (C=O) groups excluding carboxylic acids is 1. The highest BCUT2D eigenvalue weighted by Gasteiger charge is 2.09. The lowest BCUT2D eigenvalue weighted by molar-refractivity contribution is -0.110. The van der Waals surface area contributed by atoms with Crippen LogP contribution in [0.4, 0.5) is 0 Å². The third kappa shape index (κ3) is 4.80. The molecule has 88 valence electrons. The number of aromatic nitrogens is 1. The molecule has 0 radical (unpaired) electrons. The van der Waals surface area contributed by atoms with Crippen LogP contribution in [0.5, 0.6) is 0 Å². The molecule has 1 aromatic rings. The molecular formula is C11H15IN2OS. The lowest BCUT2D eigenvalue weighted by Gasteiger charge is -2.06. The van der Waals surface area contributed by atoms with Crippen molar-refractivity contribution in [2.75, 3.05) is 5.75 Å². The zero-order valence-electron chi connectivity index (χ0n) is 9.15. The molecule has 1 aromatic heterocycles. The van der Waals surface area contributed by atoms with Crippen LogP contribution in [0, 0.1) is 0 Å². The Balaban J connectivity index is 2.39. The average Bonchev–Trinajstić information content (AvgIpc) is 2.29. The van der Waals surface area contributed by atoms with E-state index in [2.05, 4.69) is 18.0 Å². The standard InChI is InChI=1S/C11H15IN2OS/c1-2-8-3-9(5-14-4-8)6-16-7-10(13)11(12)15/h3-5,10H,2,6-7,13H2,1H3/t10-/m0/s1. The van der Waals surface area contributed by atoms with Gasteiger partial charge in [0.1, 0.15) is 0 Å². The molecule has 0 saturated heterocycles. The molecule has 2 N–H and O–H groups in total. The molecule has 1 heterocycles. The fourth-order valence-corrected chi connectivity index (χ4v) is 2.62. The summed E-state index contributed by atoms with van der Waals surface area (Å²) < 4.78 is 0.0190. The van der Waals surface area contributed by atoms with Crippen molar-refractivity contribution in [3.8, 4) is 0 Å². The van der Waals surface area contributed by atoms with Crippen LogP contribution in [0.25, 0.3) is 0 Å². The number of nitrogens with two attached hydrogens (primary N) is 1. The molecule has 1 atom stereocenters. The van der Waals surface area contributed by atoms with Gasteiger partial charge in [-0.3, -0.25) is 9.78 Å². The molecular weight excluding hydrogens is 335 g/mol. The van der Waals surface area contributed by atoms with Crippen molar-refractivity contribution in [3.63, 3.8) is 0 Å². The highest BCUT2D eigenvalue weighted by atomic mass is 127. The van der Waals surface area contributed by atoms with E-state index >= 15 is 0 Å². The van der Waals surface area contributed by atoms with E-state index in [1.54, 1.807) is 34.4 Å². The van der Waals surface area contributed by atoms with Gasteiger partial charge in [0.05, 0.1) is 6.04 Å². The number of hydrogen-bond donors (Lipinski definition) is 1. The minimum atomic E-state index is -0.354. The molecule has 0 amide bonds. The predicted octanol–water partition coefficient (Wildman–Crippen LogP) is 2.17. The summed E-state index contributed by atoms with van der Waals surface area (Å²) in [6, 6.07) is 1.80. The second-order valence-electron chi connectivity index (χ2n) is 3.48. The van der Waals surface area contributed by atoms with Crippen molar-refractivity contribution in [2.24, 2.45) is 5.73 Å². The van der Waals surface area contributed by atoms with E-state index in [0.717, 1.165) is 12.2 Å². The highest BCUT2D eigenvalue weighted by Crippen LogP contribution is 2.14. The van der Waals surface area contributed by atoms with Gasteiger partial charge in [0.2, 0.25) is 3.79 Å². The fraction of sp³-hybridized carbons (Fsp3) is 0.455. The molecule has 0 aromatic carbocycles. The number of carbonyl (C=O) groups is 1. The van der Waals surface area contributed by atoms with E-state index in [9.17, 15) is 4.79 Å². The van der Waals surface area contributed by atoms with Crippen molar-refractivity contribution in [1.29, 1.82) is 0 Å². The first-order valence-electron chi connectivity index (χ1n) is 5.09. The summed E-state index contributed by atoms with van der Waals surface area (Å²) >= 11 is 3.42. The molecule has 0 unspecified atom stereocenters. The van der Waals surface area contributed by atoms with Crippen LogP contribution in [0.15, 0.2) is 18.5 Å². The number of rotatable bonds is 6. The topological polar surface area (TPSA) is 56.0 Å². The molecule has 1 rings (SSSR count). The molecule has 0 fully saturated rings. The van der Waals surface area contributed by atoms with E-state index in [4.69, 9.17) is 5.73 Å². The monoisotopic (exact) mass is 350 g/mol. The van der Waals surface area contributed by atoms with Crippen LogP contribution in [0.1, 0.15) is 18.1 Å². The lowest BCUT2D eigenvalue weighted by Crippen LogP contribution is -2.28. The van der Waals surface area contributed by atoms with Crippen LogP contribution < -0.4 is 5.73 Å². The molecule has 0 spiro atoms. The quantitative estimate of drug-likeness (QED) is 0.631. The van der Waals surface area contributed by atoms with Crippen molar-refractivity contribution in [2.45, 2.75) is 25.1 Å². The first-order valence-corrected chi connectivity index (χ1v) is 7.32. The Hall–Kier alpha value is -0.140. The Kier molecular flexibility index (Phi) is 6.30. The third-order valence-electron chi connectivity index (χ3n) is 2.12. The number of hydrogen-bond acceptors (Lipinski definition) is 4. The molecule has 16 heavy (non-hydrogen) atoms. The summed E-state index contributed by atoms with van der Waals surface area (Å²) in [5.41, 5.74) is 8.08. The second-order valence-corrected chi connectivity index (χ2v) is 5.57. The van der Waals surface area contributed by atoms with Gasteiger partial charge in [0.15, 0.2) is 0 Å². The minimum Gasteiger partial charge on any atom is -0.320 e. The van der Waals surface area contributed by atoms with Gasteiger partial charge in [-0.1, -0.05) is 13.0 Å². The van der Waals surface area contributed by atoms with Gasteiger partial charge in [-0.2, -0.15) is 11.8 Å². The first kappa shape index (κ1) is 13.9. The van der Waals surface area contributed by atoms with E-state index in [0.29, 0.717) is 5.75 Å². The molecule has 0 aliphatic heterocycles. The summed E-state index contributed by atoms with van der Waals surface area (Å²) in [4.78, 5) is 15.1. The van der Waals surface area contributed by atoms with Gasteiger partial charge in [-0.15, -0.1) is 0 Å². The summed E-state index contributed by atoms with van der Waals surface area (Å²) in [5, 5.41) is 0. The minimum absolute atomic E-state index is 0.0190. The normalized spacial score (nSPS) is 12.4. The van der Waals surface area contributed by atoms with Crippen LogP contribution >= 0.6 is 34.4 Å². The van der Waals surface area contributed by atoms with Gasteiger partial charge < -0.3 is 5.73 Å². The second kappa shape index (κ2) is 7.24. The first-order chi connectivity index (χ1) is 7.63. The van der Waals surface area contributed by atoms with Crippen molar-refractivity contribution in [1.82, 2.24) is 4.98 Å². The summed E-state index contributed by atoms with van der Waals surface area (Å²) in [6.45, 7) is 2.11. The third-order valence-corrected chi connectivity index (χ3v) is 4.05. The Bertz CT molecular complexity index is 360. The maximum Gasteiger partial charge on any atom is 0.209 e. The summed E-state index contributed by atoms with van der Waals surface area (Å²) in [7, 11) is 0. The smallest absolute Gasteiger partial charge is 0.209 e. The van der Waals surface area contributed by atoms with E-state index < -0.39 is 0 Å². The number of aryl methyl sites for hydroxylation is 1. The Morgan fingerprint density at radius 1 is 1.56 bits per heavy atom.